The maximum absolute atomic E-state index is 12.5. The molecule has 1 aliphatic rings. The Kier molecular flexibility index (Phi) is 4.78. The Bertz CT molecular complexity index is 753. The normalized spacial score (nSPS) is 14.3. The first-order valence-corrected chi connectivity index (χ1v) is 7.82. The number of piperazine rings is 1. The molecule has 0 spiro atoms. The second kappa shape index (κ2) is 7.16. The summed E-state index contributed by atoms with van der Waals surface area (Å²) in [5.41, 5.74) is 0.683. The van der Waals surface area contributed by atoms with E-state index < -0.39 is 5.97 Å². The molecule has 1 aliphatic heterocycles. The van der Waals surface area contributed by atoms with Crippen LogP contribution in [0.2, 0.25) is 0 Å². The van der Waals surface area contributed by atoms with Crippen molar-refractivity contribution in [2.45, 2.75) is 0 Å². The molecule has 2 aromatic heterocycles. The van der Waals surface area contributed by atoms with Gasteiger partial charge in [-0.25, -0.2) is 14.8 Å². The molecule has 3 heterocycles. The summed E-state index contributed by atoms with van der Waals surface area (Å²) >= 11 is 0. The van der Waals surface area contributed by atoms with Gasteiger partial charge in [0.15, 0.2) is 0 Å². The maximum Gasteiger partial charge on any atom is 0.337 e. The average Bonchev–Trinajstić information content (AvgIpc) is 2.67. The highest BCUT2D eigenvalue weighted by atomic mass is 16.5. The first-order chi connectivity index (χ1) is 12.1. The van der Waals surface area contributed by atoms with Gasteiger partial charge in [0.2, 0.25) is 5.88 Å². The van der Waals surface area contributed by atoms with Crippen LogP contribution in [0, 0.1) is 0 Å². The van der Waals surface area contributed by atoms with Crippen molar-refractivity contribution in [3.05, 3.63) is 47.8 Å². The predicted molar refractivity (Wildman–Crippen MR) is 90.1 cm³/mol. The molecule has 0 aromatic carbocycles. The predicted octanol–water partition coefficient (Wildman–Crippen LogP) is 1.15. The van der Waals surface area contributed by atoms with Crippen LogP contribution in [0.25, 0.3) is 0 Å². The SMILES string of the molecule is COc1ccc(C(=O)N2CCN(c3ccc(C(=O)O)cn3)CC2)cn1. The Hall–Kier alpha value is -3.16. The van der Waals surface area contributed by atoms with E-state index in [1.807, 2.05) is 4.90 Å². The molecule has 1 amide bonds. The molecular formula is C17H18N4O4. The summed E-state index contributed by atoms with van der Waals surface area (Å²) in [5.74, 6) is 0.118. The van der Waals surface area contributed by atoms with Crippen LogP contribution in [0.5, 0.6) is 5.88 Å². The van der Waals surface area contributed by atoms with E-state index in [-0.39, 0.29) is 11.5 Å². The van der Waals surface area contributed by atoms with Gasteiger partial charge in [0.05, 0.1) is 18.2 Å². The summed E-state index contributed by atoms with van der Waals surface area (Å²) in [6, 6.07) is 6.59. The zero-order chi connectivity index (χ0) is 17.8. The number of methoxy groups -OCH3 is 1. The van der Waals surface area contributed by atoms with Crippen molar-refractivity contribution < 1.29 is 19.4 Å². The van der Waals surface area contributed by atoms with E-state index in [1.54, 1.807) is 23.1 Å². The Balaban J connectivity index is 1.60. The van der Waals surface area contributed by atoms with Gasteiger partial charge in [-0.05, 0) is 18.2 Å². The number of hydrogen-bond acceptors (Lipinski definition) is 6. The highest BCUT2D eigenvalue weighted by molar-refractivity contribution is 5.94. The molecule has 2 aromatic rings. The summed E-state index contributed by atoms with van der Waals surface area (Å²) in [7, 11) is 1.53. The highest BCUT2D eigenvalue weighted by Gasteiger charge is 2.23. The van der Waals surface area contributed by atoms with Crippen molar-refractivity contribution in [2.24, 2.45) is 0 Å². The van der Waals surface area contributed by atoms with E-state index >= 15 is 0 Å². The standard InChI is InChI=1S/C17H18N4O4/c1-25-15-5-3-12(10-19-15)16(22)21-8-6-20(7-9-21)14-4-2-13(11-18-14)17(23)24/h2-5,10-11H,6-9H2,1H3,(H,23,24). The lowest BCUT2D eigenvalue weighted by Crippen LogP contribution is -2.49. The second-order valence-corrected chi connectivity index (χ2v) is 5.58. The van der Waals surface area contributed by atoms with Crippen molar-refractivity contribution in [3.8, 4) is 5.88 Å². The van der Waals surface area contributed by atoms with Crippen LogP contribution in [0.3, 0.4) is 0 Å². The molecule has 8 nitrogen and oxygen atoms in total. The number of carbonyl (C=O) groups excluding carboxylic acids is 1. The molecular weight excluding hydrogens is 324 g/mol. The summed E-state index contributed by atoms with van der Waals surface area (Å²) in [6.07, 6.45) is 2.86. The van der Waals surface area contributed by atoms with Gasteiger partial charge in [0.1, 0.15) is 5.82 Å². The minimum atomic E-state index is -0.998. The van der Waals surface area contributed by atoms with Crippen LogP contribution < -0.4 is 9.64 Å². The third-order valence-corrected chi connectivity index (χ3v) is 4.08. The topological polar surface area (TPSA) is 95.9 Å². The van der Waals surface area contributed by atoms with Gasteiger partial charge in [-0.2, -0.15) is 0 Å². The molecule has 1 saturated heterocycles. The summed E-state index contributed by atoms with van der Waals surface area (Å²) in [6.45, 7) is 2.39. The number of amides is 1. The number of hydrogen-bond donors (Lipinski definition) is 1. The van der Waals surface area contributed by atoms with E-state index in [0.717, 1.165) is 0 Å². The van der Waals surface area contributed by atoms with Gasteiger partial charge in [-0.3, -0.25) is 4.79 Å². The number of aromatic nitrogens is 2. The number of carbonyl (C=O) groups is 2. The Morgan fingerprint density at radius 3 is 2.20 bits per heavy atom. The Labute approximate surface area is 144 Å². The van der Waals surface area contributed by atoms with Crippen LogP contribution in [-0.2, 0) is 0 Å². The fraction of sp³-hybridized carbons (Fsp3) is 0.294. The molecule has 0 radical (unpaired) electrons. The first-order valence-electron chi connectivity index (χ1n) is 7.82. The van der Waals surface area contributed by atoms with E-state index in [1.165, 1.54) is 25.6 Å². The van der Waals surface area contributed by atoms with E-state index in [0.29, 0.717) is 43.4 Å². The summed E-state index contributed by atoms with van der Waals surface area (Å²) in [5, 5.41) is 8.91. The van der Waals surface area contributed by atoms with Gasteiger partial charge >= 0.3 is 5.97 Å². The lowest BCUT2D eigenvalue weighted by atomic mass is 10.2. The van der Waals surface area contributed by atoms with Gasteiger partial charge < -0.3 is 19.6 Å². The lowest BCUT2D eigenvalue weighted by molar-refractivity contribution is 0.0694. The quantitative estimate of drug-likeness (QED) is 0.890. The molecule has 0 unspecified atom stereocenters. The van der Waals surface area contributed by atoms with Crippen LogP contribution in [0.4, 0.5) is 5.82 Å². The minimum absolute atomic E-state index is 0.0658. The van der Waals surface area contributed by atoms with Crippen molar-refractivity contribution in [1.29, 1.82) is 0 Å². The Morgan fingerprint density at radius 1 is 1.00 bits per heavy atom. The van der Waals surface area contributed by atoms with Crippen molar-refractivity contribution >= 4 is 17.7 Å². The molecule has 1 fully saturated rings. The molecule has 130 valence electrons. The van der Waals surface area contributed by atoms with Gasteiger partial charge in [0, 0.05) is 44.6 Å². The fourth-order valence-corrected chi connectivity index (χ4v) is 2.65. The molecule has 8 heteroatoms. The first kappa shape index (κ1) is 16.7. The van der Waals surface area contributed by atoms with Crippen LogP contribution >= 0.6 is 0 Å². The van der Waals surface area contributed by atoms with E-state index in [9.17, 15) is 9.59 Å². The molecule has 1 N–H and O–H groups in total. The van der Waals surface area contributed by atoms with Gasteiger partial charge in [0.25, 0.3) is 5.91 Å². The zero-order valence-electron chi connectivity index (χ0n) is 13.8. The molecule has 0 bridgehead atoms. The van der Waals surface area contributed by atoms with Gasteiger partial charge in [-0.15, -0.1) is 0 Å². The molecule has 0 aliphatic carbocycles. The third-order valence-electron chi connectivity index (χ3n) is 4.08. The number of rotatable bonds is 4. The average molecular weight is 342 g/mol. The fourth-order valence-electron chi connectivity index (χ4n) is 2.65. The number of nitrogens with zero attached hydrogens (tertiary/aromatic N) is 4. The summed E-state index contributed by atoms with van der Waals surface area (Å²) in [4.78, 5) is 35.4. The number of carboxylic acids is 1. The lowest BCUT2D eigenvalue weighted by Gasteiger charge is -2.35. The highest BCUT2D eigenvalue weighted by Crippen LogP contribution is 2.16. The minimum Gasteiger partial charge on any atom is -0.481 e. The molecule has 3 rings (SSSR count). The second-order valence-electron chi connectivity index (χ2n) is 5.58. The molecule has 0 atom stereocenters. The smallest absolute Gasteiger partial charge is 0.337 e. The number of carboxylic acid groups (broad SMARTS) is 1. The number of anilines is 1. The van der Waals surface area contributed by atoms with Crippen molar-refractivity contribution in [2.75, 3.05) is 38.2 Å². The molecule has 0 saturated carbocycles. The Morgan fingerprint density at radius 2 is 1.68 bits per heavy atom. The number of ether oxygens (including phenoxy) is 1. The van der Waals surface area contributed by atoms with E-state index in [4.69, 9.17) is 9.84 Å². The van der Waals surface area contributed by atoms with Gasteiger partial charge in [-0.1, -0.05) is 0 Å². The van der Waals surface area contributed by atoms with Crippen molar-refractivity contribution in [1.82, 2.24) is 14.9 Å². The monoisotopic (exact) mass is 342 g/mol. The van der Waals surface area contributed by atoms with Crippen LogP contribution in [-0.4, -0.2) is 65.1 Å². The number of aromatic carboxylic acids is 1. The summed E-state index contributed by atoms with van der Waals surface area (Å²) < 4.78 is 4.99. The molecule has 25 heavy (non-hydrogen) atoms. The van der Waals surface area contributed by atoms with E-state index in [2.05, 4.69) is 9.97 Å². The number of pyridine rings is 2. The van der Waals surface area contributed by atoms with Crippen molar-refractivity contribution in [3.63, 3.8) is 0 Å². The van der Waals surface area contributed by atoms with Crippen LogP contribution in [0.15, 0.2) is 36.7 Å². The third kappa shape index (κ3) is 3.68. The maximum atomic E-state index is 12.5. The zero-order valence-corrected chi connectivity index (χ0v) is 13.8. The largest absolute Gasteiger partial charge is 0.481 e. The van der Waals surface area contributed by atoms with Crippen LogP contribution in [0.1, 0.15) is 20.7 Å².